The van der Waals surface area contributed by atoms with E-state index in [1.807, 2.05) is 6.92 Å². The summed E-state index contributed by atoms with van der Waals surface area (Å²) in [5.74, 6) is -0.686. The molecule has 1 rings (SSSR count). The number of nitrogens with zero attached hydrogens (tertiary/aromatic N) is 1. The zero-order chi connectivity index (χ0) is 12.9. The summed E-state index contributed by atoms with van der Waals surface area (Å²) in [6, 6.07) is 0.402. The topological polar surface area (TPSA) is 52.6 Å². The average Bonchev–Trinajstić information content (AvgIpc) is 2.30. The monoisotopic (exact) mass is 242 g/mol. The Morgan fingerprint density at radius 3 is 2.76 bits per heavy atom. The molecule has 0 amide bonds. The van der Waals surface area contributed by atoms with Crippen molar-refractivity contribution in [1.82, 2.24) is 10.2 Å². The standard InChI is InChI=1S/C13H26N2O2/c1-4-9-15(3)11-7-6-8-13(10-11,12(16)17)14-5-2/h11,14H,4-10H2,1-3H3,(H,16,17). The van der Waals surface area contributed by atoms with Crippen LogP contribution in [0.25, 0.3) is 0 Å². The van der Waals surface area contributed by atoms with E-state index in [2.05, 4.69) is 24.2 Å². The van der Waals surface area contributed by atoms with Crippen molar-refractivity contribution in [1.29, 1.82) is 0 Å². The molecule has 17 heavy (non-hydrogen) atoms. The van der Waals surface area contributed by atoms with Gasteiger partial charge < -0.3 is 15.3 Å². The zero-order valence-electron chi connectivity index (χ0n) is 11.3. The molecule has 1 saturated carbocycles. The highest BCUT2D eigenvalue weighted by molar-refractivity contribution is 5.79. The van der Waals surface area contributed by atoms with E-state index in [4.69, 9.17) is 0 Å². The number of likely N-dealkylation sites (N-methyl/N-ethyl adjacent to an activating group) is 1. The number of carboxylic acids is 1. The third-order valence-electron chi connectivity index (χ3n) is 3.85. The van der Waals surface area contributed by atoms with Crippen LogP contribution < -0.4 is 5.32 Å². The molecule has 0 aromatic carbocycles. The summed E-state index contributed by atoms with van der Waals surface area (Å²) in [6.07, 6.45) is 4.72. The van der Waals surface area contributed by atoms with Crippen molar-refractivity contribution in [3.63, 3.8) is 0 Å². The van der Waals surface area contributed by atoms with Crippen LogP contribution in [0.5, 0.6) is 0 Å². The minimum Gasteiger partial charge on any atom is -0.480 e. The smallest absolute Gasteiger partial charge is 0.323 e. The number of nitrogens with one attached hydrogen (secondary N) is 1. The number of rotatable bonds is 6. The first-order valence-electron chi connectivity index (χ1n) is 6.74. The predicted octanol–water partition coefficient (Wildman–Crippen LogP) is 1.70. The lowest BCUT2D eigenvalue weighted by atomic mass is 9.78. The molecular formula is C13H26N2O2. The third kappa shape index (κ3) is 3.42. The third-order valence-corrected chi connectivity index (χ3v) is 3.85. The van der Waals surface area contributed by atoms with Crippen LogP contribution in [0.3, 0.4) is 0 Å². The molecule has 2 N–H and O–H groups in total. The fourth-order valence-electron chi connectivity index (χ4n) is 2.93. The van der Waals surface area contributed by atoms with Crippen molar-refractivity contribution >= 4 is 5.97 Å². The predicted molar refractivity (Wildman–Crippen MR) is 69.2 cm³/mol. The maximum absolute atomic E-state index is 11.5. The Kier molecular flexibility index (Phi) is 5.40. The fraction of sp³-hybridized carbons (Fsp3) is 0.923. The molecule has 0 aromatic rings. The summed E-state index contributed by atoms with van der Waals surface area (Å²) >= 11 is 0. The van der Waals surface area contributed by atoms with Gasteiger partial charge in [0.25, 0.3) is 0 Å². The van der Waals surface area contributed by atoms with Crippen LogP contribution in [0.15, 0.2) is 0 Å². The van der Waals surface area contributed by atoms with Crippen molar-refractivity contribution in [3.05, 3.63) is 0 Å². The van der Waals surface area contributed by atoms with Crippen molar-refractivity contribution < 1.29 is 9.90 Å². The second-order valence-electron chi connectivity index (χ2n) is 5.15. The first-order chi connectivity index (χ1) is 8.05. The van der Waals surface area contributed by atoms with Gasteiger partial charge in [-0.05, 0) is 52.2 Å². The van der Waals surface area contributed by atoms with Gasteiger partial charge in [-0.2, -0.15) is 0 Å². The summed E-state index contributed by atoms with van der Waals surface area (Å²) in [7, 11) is 2.11. The molecule has 0 bridgehead atoms. The van der Waals surface area contributed by atoms with Crippen LogP contribution in [0.1, 0.15) is 46.0 Å². The summed E-state index contributed by atoms with van der Waals surface area (Å²) in [5.41, 5.74) is -0.695. The van der Waals surface area contributed by atoms with Gasteiger partial charge in [0.1, 0.15) is 5.54 Å². The van der Waals surface area contributed by atoms with Gasteiger partial charge >= 0.3 is 5.97 Å². The van der Waals surface area contributed by atoms with E-state index in [0.29, 0.717) is 6.04 Å². The maximum Gasteiger partial charge on any atom is 0.323 e. The van der Waals surface area contributed by atoms with Gasteiger partial charge in [0.15, 0.2) is 0 Å². The first-order valence-corrected chi connectivity index (χ1v) is 6.74. The number of hydrogen-bond donors (Lipinski definition) is 2. The van der Waals surface area contributed by atoms with Crippen molar-refractivity contribution in [2.24, 2.45) is 0 Å². The van der Waals surface area contributed by atoms with Gasteiger partial charge in [-0.25, -0.2) is 0 Å². The van der Waals surface area contributed by atoms with Crippen LogP contribution in [0, 0.1) is 0 Å². The van der Waals surface area contributed by atoms with Crippen LogP contribution in [0.4, 0.5) is 0 Å². The van der Waals surface area contributed by atoms with Crippen molar-refractivity contribution in [2.45, 2.75) is 57.5 Å². The van der Waals surface area contributed by atoms with Gasteiger partial charge in [0.2, 0.25) is 0 Å². The number of hydrogen-bond acceptors (Lipinski definition) is 3. The highest BCUT2D eigenvalue weighted by atomic mass is 16.4. The Hall–Kier alpha value is -0.610. The van der Waals surface area contributed by atoms with Gasteiger partial charge in [-0.1, -0.05) is 13.8 Å². The minimum atomic E-state index is -0.695. The van der Waals surface area contributed by atoms with E-state index in [9.17, 15) is 9.90 Å². The van der Waals surface area contributed by atoms with Crippen LogP contribution in [0.2, 0.25) is 0 Å². The summed E-state index contributed by atoms with van der Waals surface area (Å²) in [4.78, 5) is 13.8. The van der Waals surface area contributed by atoms with Gasteiger partial charge in [0.05, 0.1) is 0 Å². The Labute approximate surface area is 104 Å². The second-order valence-corrected chi connectivity index (χ2v) is 5.15. The molecule has 0 saturated heterocycles. The number of carbonyl (C=O) groups is 1. The SMILES string of the molecule is CCCN(C)C1CCCC(NCC)(C(=O)O)C1. The molecule has 0 radical (unpaired) electrons. The fourth-order valence-corrected chi connectivity index (χ4v) is 2.93. The summed E-state index contributed by atoms with van der Waals surface area (Å²) in [5, 5.41) is 12.7. The second kappa shape index (κ2) is 6.36. The number of aliphatic carboxylic acids is 1. The van der Waals surface area contributed by atoms with Gasteiger partial charge in [-0.15, -0.1) is 0 Å². The molecule has 0 heterocycles. The Morgan fingerprint density at radius 2 is 2.24 bits per heavy atom. The molecule has 4 nitrogen and oxygen atoms in total. The zero-order valence-corrected chi connectivity index (χ0v) is 11.3. The molecule has 2 unspecified atom stereocenters. The van der Waals surface area contributed by atoms with E-state index in [-0.39, 0.29) is 0 Å². The average molecular weight is 242 g/mol. The lowest BCUT2D eigenvalue weighted by molar-refractivity contribution is -0.147. The molecule has 100 valence electrons. The van der Waals surface area contributed by atoms with Gasteiger partial charge in [-0.3, -0.25) is 4.79 Å². The van der Waals surface area contributed by atoms with E-state index in [1.165, 1.54) is 0 Å². The van der Waals surface area contributed by atoms with Crippen LogP contribution >= 0.6 is 0 Å². The Bertz CT molecular complexity index is 254. The van der Waals surface area contributed by atoms with E-state index < -0.39 is 11.5 Å². The molecule has 2 atom stereocenters. The number of carboxylic acid groups (broad SMARTS) is 1. The molecule has 1 aliphatic carbocycles. The van der Waals surface area contributed by atoms with Crippen molar-refractivity contribution in [3.8, 4) is 0 Å². The molecular weight excluding hydrogens is 216 g/mol. The molecule has 0 aromatic heterocycles. The van der Waals surface area contributed by atoms with Gasteiger partial charge in [0, 0.05) is 6.04 Å². The lowest BCUT2D eigenvalue weighted by Crippen LogP contribution is -2.58. The van der Waals surface area contributed by atoms with Crippen LogP contribution in [-0.4, -0.2) is 47.7 Å². The molecule has 0 aliphatic heterocycles. The maximum atomic E-state index is 11.5. The first kappa shape index (κ1) is 14.5. The normalized spacial score (nSPS) is 29.5. The van der Waals surface area contributed by atoms with Crippen LogP contribution in [-0.2, 0) is 4.79 Å². The Balaban J connectivity index is 2.71. The molecule has 1 fully saturated rings. The van der Waals surface area contributed by atoms with E-state index >= 15 is 0 Å². The molecule has 4 heteroatoms. The lowest BCUT2D eigenvalue weighted by Gasteiger charge is -2.41. The molecule has 0 spiro atoms. The van der Waals surface area contributed by atoms with E-state index in [1.54, 1.807) is 0 Å². The molecule has 1 aliphatic rings. The highest BCUT2D eigenvalue weighted by Gasteiger charge is 2.42. The quantitative estimate of drug-likeness (QED) is 0.744. The largest absolute Gasteiger partial charge is 0.480 e. The Morgan fingerprint density at radius 1 is 1.53 bits per heavy atom. The van der Waals surface area contributed by atoms with Crippen molar-refractivity contribution in [2.75, 3.05) is 20.1 Å². The summed E-state index contributed by atoms with van der Waals surface area (Å²) in [6.45, 7) is 5.90. The summed E-state index contributed by atoms with van der Waals surface area (Å²) < 4.78 is 0. The highest BCUT2D eigenvalue weighted by Crippen LogP contribution is 2.31. The minimum absolute atomic E-state index is 0.402. The van der Waals surface area contributed by atoms with E-state index in [0.717, 1.165) is 45.2 Å².